The summed E-state index contributed by atoms with van der Waals surface area (Å²) in [5, 5.41) is 5.63. The van der Waals surface area contributed by atoms with Gasteiger partial charge in [-0.05, 0) is 50.5 Å². The van der Waals surface area contributed by atoms with E-state index in [0.29, 0.717) is 30.8 Å². The van der Waals surface area contributed by atoms with Crippen LogP contribution in [0, 0.1) is 12.8 Å². The van der Waals surface area contributed by atoms with Crippen molar-refractivity contribution in [2.75, 3.05) is 18.4 Å². The van der Waals surface area contributed by atoms with Gasteiger partial charge in [-0.15, -0.1) is 0 Å². The van der Waals surface area contributed by atoms with Crippen LogP contribution in [-0.4, -0.2) is 43.7 Å². The number of sulfonamides is 1. The Kier molecular flexibility index (Phi) is 6.21. The van der Waals surface area contributed by atoms with Gasteiger partial charge in [-0.1, -0.05) is 29.8 Å². The van der Waals surface area contributed by atoms with Crippen molar-refractivity contribution < 1.29 is 22.7 Å². The van der Waals surface area contributed by atoms with Gasteiger partial charge in [0.25, 0.3) is 5.91 Å². The molecule has 0 spiro atoms. The lowest BCUT2D eigenvalue weighted by Gasteiger charge is -2.31. The van der Waals surface area contributed by atoms with Crippen molar-refractivity contribution in [3.05, 3.63) is 53.6 Å². The number of nitrogens with zero attached hydrogens (tertiary/aromatic N) is 1. The zero-order chi connectivity index (χ0) is 22.9. The van der Waals surface area contributed by atoms with Gasteiger partial charge >= 0.3 is 0 Å². The van der Waals surface area contributed by atoms with Crippen LogP contribution in [0.5, 0.6) is 5.75 Å². The standard InChI is InChI=1S/C23H27N3O5S/c1-15-3-5-17(6-4-15)14-24-23(28)18-9-11-26(12-10-18)32(29,30)19-7-8-21-20(13-19)25-22(27)16(2)31-21/h3-8,13,16,18H,9-12,14H2,1-2H3,(H,24,28)(H,25,27). The number of benzene rings is 2. The molecular weight excluding hydrogens is 430 g/mol. The predicted molar refractivity (Wildman–Crippen MR) is 120 cm³/mol. The smallest absolute Gasteiger partial charge is 0.265 e. The number of aryl methyl sites for hydroxylation is 1. The van der Waals surface area contributed by atoms with Crippen molar-refractivity contribution >= 4 is 27.5 Å². The molecule has 2 N–H and O–H groups in total. The fourth-order valence-corrected chi connectivity index (χ4v) is 5.39. The molecule has 2 aromatic rings. The molecule has 0 saturated carbocycles. The third-order valence-corrected chi connectivity index (χ3v) is 7.83. The average molecular weight is 458 g/mol. The van der Waals surface area contributed by atoms with Crippen LogP contribution in [0.4, 0.5) is 5.69 Å². The van der Waals surface area contributed by atoms with Crippen molar-refractivity contribution in [3.8, 4) is 5.75 Å². The number of hydrogen-bond acceptors (Lipinski definition) is 5. The maximum absolute atomic E-state index is 13.1. The van der Waals surface area contributed by atoms with Gasteiger partial charge in [0.1, 0.15) is 5.75 Å². The van der Waals surface area contributed by atoms with Crippen LogP contribution in [0.1, 0.15) is 30.9 Å². The van der Waals surface area contributed by atoms with E-state index in [-0.39, 0.29) is 35.7 Å². The lowest BCUT2D eigenvalue weighted by atomic mass is 9.97. The Bertz CT molecular complexity index is 1120. The van der Waals surface area contributed by atoms with Gasteiger partial charge in [0.2, 0.25) is 15.9 Å². The maximum atomic E-state index is 13.1. The zero-order valence-corrected chi connectivity index (χ0v) is 18.9. The number of amides is 2. The molecule has 9 heteroatoms. The summed E-state index contributed by atoms with van der Waals surface area (Å²) in [5.41, 5.74) is 2.54. The zero-order valence-electron chi connectivity index (χ0n) is 18.1. The van der Waals surface area contributed by atoms with E-state index in [2.05, 4.69) is 10.6 Å². The molecule has 2 amide bonds. The Hall–Kier alpha value is -2.91. The molecule has 170 valence electrons. The van der Waals surface area contributed by atoms with Gasteiger partial charge in [-0.2, -0.15) is 4.31 Å². The third-order valence-electron chi connectivity index (χ3n) is 5.93. The number of anilines is 1. The van der Waals surface area contributed by atoms with Crippen LogP contribution < -0.4 is 15.4 Å². The third kappa shape index (κ3) is 4.63. The first kappa shape index (κ1) is 22.3. The lowest BCUT2D eigenvalue weighted by Crippen LogP contribution is -2.43. The normalized spacial score (nSPS) is 19.6. The number of rotatable bonds is 5. The molecule has 1 fully saturated rings. The summed E-state index contributed by atoms with van der Waals surface area (Å²) >= 11 is 0. The van der Waals surface area contributed by atoms with E-state index < -0.39 is 16.1 Å². The molecule has 2 aliphatic rings. The predicted octanol–water partition coefficient (Wildman–Crippen LogP) is 2.43. The molecule has 0 aromatic heterocycles. The second-order valence-electron chi connectivity index (χ2n) is 8.29. The molecule has 1 atom stereocenters. The lowest BCUT2D eigenvalue weighted by molar-refractivity contribution is -0.126. The van der Waals surface area contributed by atoms with Crippen molar-refractivity contribution in [2.24, 2.45) is 5.92 Å². The fraction of sp³-hybridized carbons (Fsp3) is 0.391. The Morgan fingerprint density at radius 3 is 2.53 bits per heavy atom. The summed E-state index contributed by atoms with van der Waals surface area (Å²) in [5.74, 6) is -0.139. The number of hydrogen-bond donors (Lipinski definition) is 2. The molecule has 1 unspecified atom stereocenters. The second-order valence-corrected chi connectivity index (χ2v) is 10.2. The molecule has 32 heavy (non-hydrogen) atoms. The van der Waals surface area contributed by atoms with Crippen LogP contribution in [0.2, 0.25) is 0 Å². The van der Waals surface area contributed by atoms with Crippen molar-refractivity contribution in [3.63, 3.8) is 0 Å². The minimum atomic E-state index is -3.74. The van der Waals surface area contributed by atoms with Crippen LogP contribution in [0.15, 0.2) is 47.4 Å². The number of ether oxygens (including phenoxy) is 1. The van der Waals surface area contributed by atoms with E-state index in [4.69, 9.17) is 4.74 Å². The monoisotopic (exact) mass is 457 g/mol. The van der Waals surface area contributed by atoms with Gasteiger partial charge in [0.05, 0.1) is 10.6 Å². The molecule has 2 aliphatic heterocycles. The van der Waals surface area contributed by atoms with Crippen LogP contribution in [0.25, 0.3) is 0 Å². The highest BCUT2D eigenvalue weighted by atomic mass is 32.2. The molecule has 8 nitrogen and oxygen atoms in total. The Morgan fingerprint density at radius 2 is 1.84 bits per heavy atom. The van der Waals surface area contributed by atoms with Gasteiger partial charge < -0.3 is 15.4 Å². The number of carbonyl (C=O) groups is 2. The molecule has 4 rings (SSSR count). The quantitative estimate of drug-likeness (QED) is 0.718. The van der Waals surface area contributed by atoms with Gasteiger partial charge in [0, 0.05) is 25.6 Å². The highest BCUT2D eigenvalue weighted by molar-refractivity contribution is 7.89. The highest BCUT2D eigenvalue weighted by Crippen LogP contribution is 2.33. The highest BCUT2D eigenvalue weighted by Gasteiger charge is 2.33. The first-order valence-electron chi connectivity index (χ1n) is 10.7. The molecule has 2 aromatic carbocycles. The number of carbonyl (C=O) groups excluding carboxylic acids is 2. The molecule has 1 saturated heterocycles. The topological polar surface area (TPSA) is 105 Å². The molecule has 0 radical (unpaired) electrons. The summed E-state index contributed by atoms with van der Waals surface area (Å²) in [7, 11) is -3.74. The first-order chi connectivity index (χ1) is 15.2. The van der Waals surface area contributed by atoms with E-state index >= 15 is 0 Å². The summed E-state index contributed by atoms with van der Waals surface area (Å²) < 4.78 is 33.1. The number of nitrogens with one attached hydrogen (secondary N) is 2. The van der Waals surface area contributed by atoms with Crippen LogP contribution in [-0.2, 0) is 26.2 Å². The molecule has 2 heterocycles. The SMILES string of the molecule is Cc1ccc(CNC(=O)C2CCN(S(=O)(=O)c3ccc4c(c3)NC(=O)C(C)O4)CC2)cc1. The largest absolute Gasteiger partial charge is 0.479 e. The summed E-state index contributed by atoms with van der Waals surface area (Å²) in [6, 6.07) is 12.4. The van der Waals surface area contributed by atoms with Crippen molar-refractivity contribution in [1.82, 2.24) is 9.62 Å². The minimum Gasteiger partial charge on any atom is -0.479 e. The van der Waals surface area contributed by atoms with Gasteiger partial charge in [0.15, 0.2) is 6.10 Å². The first-order valence-corrected chi connectivity index (χ1v) is 12.1. The van der Waals surface area contributed by atoms with Crippen molar-refractivity contribution in [2.45, 2.75) is 44.2 Å². The van der Waals surface area contributed by atoms with E-state index in [0.717, 1.165) is 11.1 Å². The van der Waals surface area contributed by atoms with Gasteiger partial charge in [-0.25, -0.2) is 8.42 Å². The van der Waals surface area contributed by atoms with Crippen molar-refractivity contribution in [1.29, 1.82) is 0 Å². The number of piperidine rings is 1. The molecule has 0 aliphatic carbocycles. The van der Waals surface area contributed by atoms with E-state index in [1.807, 2.05) is 31.2 Å². The van der Waals surface area contributed by atoms with E-state index in [9.17, 15) is 18.0 Å². The van der Waals surface area contributed by atoms with Crippen LogP contribution >= 0.6 is 0 Å². The van der Waals surface area contributed by atoms with Gasteiger partial charge in [-0.3, -0.25) is 9.59 Å². The number of fused-ring (bicyclic) bond motifs is 1. The Balaban J connectivity index is 1.36. The average Bonchev–Trinajstić information content (AvgIpc) is 2.79. The van der Waals surface area contributed by atoms with Crippen LogP contribution in [0.3, 0.4) is 0 Å². The fourth-order valence-electron chi connectivity index (χ4n) is 3.90. The Labute approximate surface area is 188 Å². The summed E-state index contributed by atoms with van der Waals surface area (Å²) in [6.45, 7) is 4.63. The molecular formula is C23H27N3O5S. The second kappa shape index (κ2) is 8.91. The minimum absolute atomic E-state index is 0.0506. The Morgan fingerprint density at radius 1 is 1.16 bits per heavy atom. The summed E-state index contributed by atoms with van der Waals surface area (Å²) in [4.78, 5) is 24.5. The van der Waals surface area contributed by atoms with E-state index in [1.165, 1.54) is 16.4 Å². The van der Waals surface area contributed by atoms with E-state index in [1.54, 1.807) is 13.0 Å². The maximum Gasteiger partial charge on any atom is 0.265 e. The molecule has 0 bridgehead atoms. The summed E-state index contributed by atoms with van der Waals surface area (Å²) in [6.07, 6.45) is 0.295.